The van der Waals surface area contributed by atoms with Crippen molar-refractivity contribution in [2.45, 2.75) is 25.7 Å². The summed E-state index contributed by atoms with van der Waals surface area (Å²) < 4.78 is 0.911. The highest BCUT2D eigenvalue weighted by Crippen LogP contribution is 2.30. The van der Waals surface area contributed by atoms with Gasteiger partial charge in [-0.1, -0.05) is 18.5 Å². The minimum Gasteiger partial charge on any atom is -0.314 e. The van der Waals surface area contributed by atoms with E-state index >= 15 is 0 Å². The van der Waals surface area contributed by atoms with Crippen LogP contribution in [0.2, 0.25) is 4.34 Å². The topological polar surface area (TPSA) is 15.3 Å². The van der Waals surface area contributed by atoms with Crippen LogP contribution >= 0.6 is 22.9 Å². The van der Waals surface area contributed by atoms with Gasteiger partial charge in [-0.25, -0.2) is 0 Å². The first-order valence-corrected chi connectivity index (χ1v) is 7.63. The Morgan fingerprint density at radius 2 is 2.18 bits per heavy atom. The van der Waals surface area contributed by atoms with Gasteiger partial charge in [0.05, 0.1) is 4.34 Å². The van der Waals surface area contributed by atoms with Crippen molar-refractivity contribution in [2.75, 3.05) is 32.7 Å². The second-order valence-corrected chi connectivity index (χ2v) is 6.52. The third-order valence-electron chi connectivity index (χ3n) is 3.40. The zero-order valence-electron chi connectivity index (χ0n) is 10.4. The van der Waals surface area contributed by atoms with Crippen LogP contribution in [0, 0.1) is 0 Å². The summed E-state index contributed by atoms with van der Waals surface area (Å²) in [7, 11) is 0. The standard InChI is InChI=1S/C13H21ClN2S/c1-11(12-4-5-13(14)17-12)3-2-8-16-9-6-15-7-10-16/h4-5,11,15H,2-3,6-10H2,1H3. The van der Waals surface area contributed by atoms with Gasteiger partial charge in [-0.05, 0) is 37.4 Å². The molecule has 0 amide bonds. The maximum atomic E-state index is 5.96. The molecule has 1 aromatic rings. The first kappa shape index (κ1) is 13.3. The molecule has 1 fully saturated rings. The van der Waals surface area contributed by atoms with Gasteiger partial charge in [0.2, 0.25) is 0 Å². The molecule has 0 spiro atoms. The summed E-state index contributed by atoms with van der Waals surface area (Å²) in [6, 6.07) is 4.18. The smallest absolute Gasteiger partial charge is 0.0931 e. The van der Waals surface area contributed by atoms with Crippen LogP contribution in [0.5, 0.6) is 0 Å². The van der Waals surface area contributed by atoms with Gasteiger partial charge in [0.25, 0.3) is 0 Å². The van der Waals surface area contributed by atoms with Crippen LogP contribution in [0.4, 0.5) is 0 Å². The van der Waals surface area contributed by atoms with Crippen LogP contribution in [-0.2, 0) is 0 Å². The molecule has 0 aliphatic carbocycles. The monoisotopic (exact) mass is 272 g/mol. The summed E-state index contributed by atoms with van der Waals surface area (Å²) in [5.41, 5.74) is 0. The van der Waals surface area contributed by atoms with Gasteiger partial charge in [0.15, 0.2) is 0 Å². The van der Waals surface area contributed by atoms with Crippen molar-refractivity contribution in [1.29, 1.82) is 0 Å². The van der Waals surface area contributed by atoms with Crippen molar-refractivity contribution in [3.63, 3.8) is 0 Å². The average Bonchev–Trinajstić information content (AvgIpc) is 2.77. The molecule has 0 bridgehead atoms. The highest BCUT2D eigenvalue weighted by molar-refractivity contribution is 7.16. The van der Waals surface area contributed by atoms with Gasteiger partial charge >= 0.3 is 0 Å². The third-order valence-corrected chi connectivity index (χ3v) is 4.86. The van der Waals surface area contributed by atoms with Crippen molar-refractivity contribution in [3.8, 4) is 0 Å². The quantitative estimate of drug-likeness (QED) is 0.886. The molecule has 1 aliphatic rings. The van der Waals surface area contributed by atoms with Gasteiger partial charge in [0.1, 0.15) is 0 Å². The van der Waals surface area contributed by atoms with Crippen molar-refractivity contribution < 1.29 is 0 Å². The maximum Gasteiger partial charge on any atom is 0.0931 e. The predicted octanol–water partition coefficient (Wildman–Crippen LogP) is 3.19. The second kappa shape index (κ2) is 6.74. The Morgan fingerprint density at radius 1 is 1.41 bits per heavy atom. The first-order chi connectivity index (χ1) is 8.25. The molecule has 1 atom stereocenters. The lowest BCUT2D eigenvalue weighted by molar-refractivity contribution is 0.235. The van der Waals surface area contributed by atoms with Gasteiger partial charge in [0, 0.05) is 31.1 Å². The van der Waals surface area contributed by atoms with Gasteiger partial charge in [-0.15, -0.1) is 11.3 Å². The summed E-state index contributed by atoms with van der Waals surface area (Å²) >= 11 is 7.69. The van der Waals surface area contributed by atoms with E-state index < -0.39 is 0 Å². The van der Waals surface area contributed by atoms with E-state index in [1.54, 1.807) is 11.3 Å². The fraction of sp³-hybridized carbons (Fsp3) is 0.692. The van der Waals surface area contributed by atoms with E-state index in [4.69, 9.17) is 11.6 Å². The van der Waals surface area contributed by atoms with Crippen molar-refractivity contribution in [3.05, 3.63) is 21.3 Å². The van der Waals surface area contributed by atoms with Crippen LogP contribution in [-0.4, -0.2) is 37.6 Å². The van der Waals surface area contributed by atoms with Crippen molar-refractivity contribution in [2.24, 2.45) is 0 Å². The first-order valence-electron chi connectivity index (χ1n) is 6.44. The molecular weight excluding hydrogens is 252 g/mol. The Kier molecular flexibility index (Phi) is 5.29. The highest BCUT2D eigenvalue weighted by Gasteiger charge is 2.11. The van der Waals surface area contributed by atoms with Crippen LogP contribution in [0.3, 0.4) is 0 Å². The molecule has 1 N–H and O–H groups in total. The van der Waals surface area contributed by atoms with E-state index in [0.717, 1.165) is 17.4 Å². The zero-order valence-corrected chi connectivity index (χ0v) is 12.0. The summed E-state index contributed by atoms with van der Waals surface area (Å²) in [6.07, 6.45) is 2.55. The molecule has 0 saturated carbocycles. The van der Waals surface area contributed by atoms with E-state index in [0.29, 0.717) is 5.92 Å². The lowest BCUT2D eigenvalue weighted by atomic mass is 10.0. The van der Waals surface area contributed by atoms with E-state index in [1.165, 1.54) is 37.4 Å². The Morgan fingerprint density at radius 3 is 2.82 bits per heavy atom. The Balaban J connectivity index is 1.67. The molecule has 1 unspecified atom stereocenters. The van der Waals surface area contributed by atoms with Gasteiger partial charge < -0.3 is 10.2 Å². The number of hydrogen-bond donors (Lipinski definition) is 1. The summed E-state index contributed by atoms with van der Waals surface area (Å²) in [6.45, 7) is 8.26. The molecule has 2 nitrogen and oxygen atoms in total. The van der Waals surface area contributed by atoms with Gasteiger partial charge in [-0.2, -0.15) is 0 Å². The van der Waals surface area contributed by atoms with Crippen molar-refractivity contribution >= 4 is 22.9 Å². The predicted molar refractivity (Wildman–Crippen MR) is 76.3 cm³/mol. The van der Waals surface area contributed by atoms with Crippen LogP contribution in [0.1, 0.15) is 30.6 Å². The normalized spacial score (nSPS) is 19.4. The second-order valence-electron chi connectivity index (χ2n) is 4.78. The highest BCUT2D eigenvalue weighted by atomic mass is 35.5. The molecule has 4 heteroatoms. The van der Waals surface area contributed by atoms with E-state index in [1.807, 2.05) is 6.07 Å². The molecule has 2 rings (SSSR count). The fourth-order valence-electron chi connectivity index (χ4n) is 2.29. The molecule has 1 aromatic heterocycles. The largest absolute Gasteiger partial charge is 0.314 e. The maximum absolute atomic E-state index is 5.96. The SMILES string of the molecule is CC(CCCN1CCNCC1)c1ccc(Cl)s1. The van der Waals surface area contributed by atoms with E-state index in [9.17, 15) is 0 Å². The minimum absolute atomic E-state index is 0.649. The summed E-state index contributed by atoms with van der Waals surface area (Å²) in [5.74, 6) is 0.649. The summed E-state index contributed by atoms with van der Waals surface area (Å²) in [5, 5.41) is 3.39. The molecule has 96 valence electrons. The minimum atomic E-state index is 0.649. The molecule has 2 heterocycles. The zero-order chi connectivity index (χ0) is 12.1. The van der Waals surface area contributed by atoms with Crippen LogP contribution in [0.15, 0.2) is 12.1 Å². The van der Waals surface area contributed by atoms with Crippen LogP contribution in [0.25, 0.3) is 0 Å². The molecule has 0 aromatic carbocycles. The lowest BCUT2D eigenvalue weighted by Gasteiger charge is -2.27. The lowest BCUT2D eigenvalue weighted by Crippen LogP contribution is -2.43. The average molecular weight is 273 g/mol. The number of nitrogens with zero attached hydrogens (tertiary/aromatic N) is 1. The van der Waals surface area contributed by atoms with E-state index in [2.05, 4.69) is 23.2 Å². The van der Waals surface area contributed by atoms with Crippen molar-refractivity contribution in [1.82, 2.24) is 10.2 Å². The third kappa shape index (κ3) is 4.25. The van der Waals surface area contributed by atoms with Crippen LogP contribution < -0.4 is 5.32 Å². The Hall–Kier alpha value is -0.0900. The number of hydrogen-bond acceptors (Lipinski definition) is 3. The molecule has 1 saturated heterocycles. The molecular formula is C13H21ClN2S. The number of halogens is 1. The molecule has 17 heavy (non-hydrogen) atoms. The number of piperazine rings is 1. The number of rotatable bonds is 5. The number of thiophene rings is 1. The van der Waals surface area contributed by atoms with Gasteiger partial charge in [-0.3, -0.25) is 0 Å². The fourth-order valence-corrected chi connectivity index (χ4v) is 3.44. The molecule has 1 aliphatic heterocycles. The van der Waals surface area contributed by atoms with E-state index in [-0.39, 0.29) is 0 Å². The summed E-state index contributed by atoms with van der Waals surface area (Å²) in [4.78, 5) is 3.99. The Labute approximate surface area is 113 Å². The Bertz CT molecular complexity index is 334. The number of nitrogens with one attached hydrogen (secondary N) is 1. The molecule has 0 radical (unpaired) electrons.